The Morgan fingerprint density at radius 3 is 2.40 bits per heavy atom. The summed E-state index contributed by atoms with van der Waals surface area (Å²) in [7, 11) is 0. The maximum atomic E-state index is 6.16. The second kappa shape index (κ2) is 7.16. The lowest BCUT2D eigenvalue weighted by Gasteiger charge is -2.12. The molecule has 0 saturated heterocycles. The van der Waals surface area contributed by atoms with Crippen molar-refractivity contribution in [2.45, 2.75) is 13.5 Å². The first-order chi connectivity index (χ1) is 9.61. The lowest BCUT2D eigenvalue weighted by atomic mass is 10.2. The molecular weight excluding hydrogens is 361 g/mol. The van der Waals surface area contributed by atoms with Crippen LogP contribution in [0, 0.1) is 0 Å². The van der Waals surface area contributed by atoms with Gasteiger partial charge in [-0.05, 0) is 24.6 Å². The highest BCUT2D eigenvalue weighted by atomic mass is 79.9. The summed E-state index contributed by atoms with van der Waals surface area (Å²) in [5.41, 5.74) is 1.13. The van der Waals surface area contributed by atoms with E-state index in [1.165, 1.54) is 0 Å². The minimum absolute atomic E-state index is 0.503. The van der Waals surface area contributed by atoms with Crippen LogP contribution in [0.1, 0.15) is 12.5 Å². The third-order valence-corrected chi connectivity index (χ3v) is 4.03. The van der Waals surface area contributed by atoms with Gasteiger partial charge in [-0.3, -0.25) is 0 Å². The zero-order valence-electron chi connectivity index (χ0n) is 10.9. The molecule has 0 unspecified atom stereocenters. The molecule has 20 heavy (non-hydrogen) atoms. The summed E-state index contributed by atoms with van der Waals surface area (Å²) < 4.78 is 1.05. The van der Waals surface area contributed by atoms with Gasteiger partial charge in [-0.25, -0.2) is 4.98 Å². The number of hydrogen-bond donors (Lipinski definition) is 2. The topological polar surface area (TPSA) is 37.0 Å². The molecule has 0 aliphatic rings. The number of benzene rings is 1. The molecule has 1 aromatic carbocycles. The summed E-state index contributed by atoms with van der Waals surface area (Å²) >= 11 is 15.7. The van der Waals surface area contributed by atoms with Crippen LogP contribution in [0.15, 0.2) is 34.8 Å². The average Bonchev–Trinajstić information content (AvgIpc) is 2.42. The third-order valence-electron chi connectivity index (χ3n) is 2.68. The molecule has 2 aromatic rings. The maximum Gasteiger partial charge on any atom is 0.147 e. The van der Waals surface area contributed by atoms with E-state index in [1.54, 1.807) is 6.07 Å². The fourth-order valence-corrected chi connectivity index (χ4v) is 2.62. The van der Waals surface area contributed by atoms with Crippen LogP contribution in [0.4, 0.5) is 11.6 Å². The minimum atomic E-state index is 0.503. The number of anilines is 2. The highest BCUT2D eigenvalue weighted by Crippen LogP contribution is 2.29. The van der Waals surface area contributed by atoms with E-state index in [9.17, 15) is 0 Å². The summed E-state index contributed by atoms with van der Waals surface area (Å²) in [5, 5.41) is 7.35. The van der Waals surface area contributed by atoms with Gasteiger partial charge in [0.25, 0.3) is 0 Å². The molecule has 0 aliphatic carbocycles. The molecular formula is C14H14BrCl2N3. The van der Waals surface area contributed by atoms with Crippen molar-refractivity contribution in [2.75, 3.05) is 17.2 Å². The second-order valence-electron chi connectivity index (χ2n) is 4.12. The van der Waals surface area contributed by atoms with Crippen LogP contribution < -0.4 is 10.6 Å². The number of aromatic nitrogens is 1. The molecule has 0 saturated carbocycles. The Morgan fingerprint density at radius 1 is 1.10 bits per heavy atom. The van der Waals surface area contributed by atoms with Crippen molar-refractivity contribution in [3.63, 3.8) is 0 Å². The Kier molecular flexibility index (Phi) is 5.52. The van der Waals surface area contributed by atoms with Crippen LogP contribution in [0.5, 0.6) is 0 Å². The fraction of sp³-hybridized carbons (Fsp3) is 0.214. The molecule has 0 bridgehead atoms. The third kappa shape index (κ3) is 3.78. The van der Waals surface area contributed by atoms with E-state index >= 15 is 0 Å². The Morgan fingerprint density at radius 2 is 1.75 bits per heavy atom. The van der Waals surface area contributed by atoms with E-state index in [4.69, 9.17) is 23.2 Å². The van der Waals surface area contributed by atoms with Crippen molar-refractivity contribution in [1.82, 2.24) is 4.98 Å². The molecule has 0 amide bonds. The van der Waals surface area contributed by atoms with Crippen molar-refractivity contribution >= 4 is 50.8 Å². The SMILES string of the molecule is CCNc1nc(NCc2ccccc2Br)c(Cl)cc1Cl. The van der Waals surface area contributed by atoms with Crippen molar-refractivity contribution in [2.24, 2.45) is 0 Å². The molecule has 0 atom stereocenters. The monoisotopic (exact) mass is 373 g/mol. The molecule has 0 fully saturated rings. The molecule has 0 spiro atoms. The van der Waals surface area contributed by atoms with Gasteiger partial charge in [0.2, 0.25) is 0 Å². The van der Waals surface area contributed by atoms with Crippen LogP contribution >= 0.6 is 39.1 Å². The first-order valence-electron chi connectivity index (χ1n) is 6.19. The molecule has 0 radical (unpaired) electrons. The largest absolute Gasteiger partial charge is 0.369 e. The van der Waals surface area contributed by atoms with Gasteiger partial charge in [0.05, 0.1) is 10.0 Å². The maximum absolute atomic E-state index is 6.16. The van der Waals surface area contributed by atoms with Crippen molar-refractivity contribution < 1.29 is 0 Å². The molecule has 6 heteroatoms. The Labute approximate surface area is 136 Å². The highest BCUT2D eigenvalue weighted by Gasteiger charge is 2.09. The predicted octanol–water partition coefficient (Wildman–Crippen LogP) is 5.19. The lowest BCUT2D eigenvalue weighted by Crippen LogP contribution is -2.06. The quantitative estimate of drug-likeness (QED) is 0.755. The van der Waals surface area contributed by atoms with Crippen LogP contribution in [0.25, 0.3) is 0 Å². The van der Waals surface area contributed by atoms with E-state index in [0.717, 1.165) is 16.6 Å². The molecule has 3 nitrogen and oxygen atoms in total. The standard InChI is InChI=1S/C14H14BrCl2N3/c1-2-18-13-11(16)7-12(17)14(20-13)19-8-9-5-3-4-6-10(9)15/h3-7H,2,8H2,1H3,(H2,18,19,20). The minimum Gasteiger partial charge on any atom is -0.369 e. The first-order valence-corrected chi connectivity index (χ1v) is 7.74. The summed E-state index contributed by atoms with van der Waals surface area (Å²) in [4.78, 5) is 4.40. The lowest BCUT2D eigenvalue weighted by molar-refractivity contribution is 1.09. The van der Waals surface area contributed by atoms with Crippen molar-refractivity contribution in [1.29, 1.82) is 0 Å². The zero-order chi connectivity index (χ0) is 14.5. The van der Waals surface area contributed by atoms with Crippen LogP contribution in [-0.2, 0) is 6.54 Å². The molecule has 2 N–H and O–H groups in total. The van der Waals surface area contributed by atoms with Gasteiger partial charge in [0, 0.05) is 17.6 Å². The van der Waals surface area contributed by atoms with Gasteiger partial charge in [-0.1, -0.05) is 57.3 Å². The van der Waals surface area contributed by atoms with Gasteiger partial charge in [0.15, 0.2) is 0 Å². The van der Waals surface area contributed by atoms with Crippen LogP contribution in [0.2, 0.25) is 10.0 Å². The number of halogens is 3. The van der Waals surface area contributed by atoms with E-state index in [1.807, 2.05) is 31.2 Å². The van der Waals surface area contributed by atoms with Gasteiger partial charge in [-0.15, -0.1) is 0 Å². The van der Waals surface area contributed by atoms with Crippen LogP contribution in [-0.4, -0.2) is 11.5 Å². The van der Waals surface area contributed by atoms with E-state index < -0.39 is 0 Å². The van der Waals surface area contributed by atoms with Crippen LogP contribution in [0.3, 0.4) is 0 Å². The van der Waals surface area contributed by atoms with Gasteiger partial charge in [0.1, 0.15) is 11.6 Å². The number of pyridine rings is 1. The predicted molar refractivity (Wildman–Crippen MR) is 89.9 cm³/mol. The first kappa shape index (κ1) is 15.4. The number of nitrogens with zero attached hydrogens (tertiary/aromatic N) is 1. The van der Waals surface area contributed by atoms with E-state index in [2.05, 4.69) is 31.5 Å². The molecule has 2 rings (SSSR count). The summed E-state index contributed by atoms with van der Waals surface area (Å²) in [6, 6.07) is 9.69. The number of rotatable bonds is 5. The Hall–Kier alpha value is -0.970. The fourth-order valence-electron chi connectivity index (χ4n) is 1.70. The Balaban J connectivity index is 2.17. The number of nitrogens with one attached hydrogen (secondary N) is 2. The normalized spacial score (nSPS) is 10.4. The van der Waals surface area contributed by atoms with Crippen molar-refractivity contribution in [3.8, 4) is 0 Å². The zero-order valence-corrected chi connectivity index (χ0v) is 14.0. The Bertz CT molecular complexity index is 605. The second-order valence-corrected chi connectivity index (χ2v) is 5.79. The number of hydrogen-bond acceptors (Lipinski definition) is 3. The van der Waals surface area contributed by atoms with Crippen molar-refractivity contribution in [3.05, 3.63) is 50.4 Å². The average molecular weight is 375 g/mol. The van der Waals surface area contributed by atoms with Gasteiger partial charge in [-0.2, -0.15) is 0 Å². The van der Waals surface area contributed by atoms with E-state index in [0.29, 0.717) is 28.2 Å². The summed E-state index contributed by atoms with van der Waals surface area (Å²) in [6.45, 7) is 3.36. The molecule has 0 aliphatic heterocycles. The van der Waals surface area contributed by atoms with E-state index in [-0.39, 0.29) is 0 Å². The summed E-state index contributed by atoms with van der Waals surface area (Å²) in [6.07, 6.45) is 0. The summed E-state index contributed by atoms with van der Waals surface area (Å²) in [5.74, 6) is 1.25. The molecule has 106 valence electrons. The molecule has 1 heterocycles. The highest BCUT2D eigenvalue weighted by molar-refractivity contribution is 9.10. The molecule has 1 aromatic heterocycles. The van der Waals surface area contributed by atoms with Gasteiger partial charge >= 0.3 is 0 Å². The smallest absolute Gasteiger partial charge is 0.147 e. The van der Waals surface area contributed by atoms with Gasteiger partial charge < -0.3 is 10.6 Å².